The minimum Gasteiger partial charge on any atom is -0.472 e. The zero-order valence-electron chi connectivity index (χ0n) is 15.5. The zero-order valence-corrected chi connectivity index (χ0v) is 15.5. The molecule has 1 atom stereocenters. The molecule has 1 heterocycles. The van der Waals surface area contributed by atoms with E-state index in [0.29, 0.717) is 23.5 Å². The van der Waals surface area contributed by atoms with Crippen molar-refractivity contribution in [2.75, 3.05) is 17.3 Å². The molecule has 0 aromatic heterocycles. The van der Waals surface area contributed by atoms with Gasteiger partial charge >= 0.3 is 0 Å². The van der Waals surface area contributed by atoms with E-state index in [9.17, 15) is 9.59 Å². The summed E-state index contributed by atoms with van der Waals surface area (Å²) in [5, 5.41) is 3.33. The van der Waals surface area contributed by atoms with Gasteiger partial charge in [-0.1, -0.05) is 48.5 Å². The molecule has 0 bridgehead atoms. The van der Waals surface area contributed by atoms with E-state index in [0.717, 1.165) is 11.3 Å². The average Bonchev–Trinajstić information content (AvgIpc) is 2.75. The Kier molecular flexibility index (Phi) is 4.81. The van der Waals surface area contributed by atoms with Crippen molar-refractivity contribution < 1.29 is 14.3 Å². The number of benzene rings is 3. The number of hydrogen-bond donors (Lipinski definition) is 1. The second-order valence-electron chi connectivity index (χ2n) is 6.64. The average molecular weight is 372 g/mol. The van der Waals surface area contributed by atoms with E-state index in [2.05, 4.69) is 5.32 Å². The lowest BCUT2D eigenvalue weighted by atomic mass is 9.97. The highest BCUT2D eigenvalue weighted by Gasteiger charge is 2.39. The first-order valence-corrected chi connectivity index (χ1v) is 9.09. The molecule has 0 saturated heterocycles. The third-order valence-corrected chi connectivity index (χ3v) is 4.75. The van der Waals surface area contributed by atoms with Crippen LogP contribution in [0.4, 0.5) is 11.4 Å². The molecule has 4 rings (SSSR count). The summed E-state index contributed by atoms with van der Waals surface area (Å²) in [4.78, 5) is 27.1. The van der Waals surface area contributed by atoms with Crippen molar-refractivity contribution in [2.24, 2.45) is 0 Å². The smallest absolute Gasteiger partial charge is 0.276 e. The number of anilines is 2. The summed E-state index contributed by atoms with van der Waals surface area (Å²) in [6.45, 7) is 0.645. The summed E-state index contributed by atoms with van der Waals surface area (Å²) in [6.07, 6.45) is -1.18. The van der Waals surface area contributed by atoms with Gasteiger partial charge in [0.1, 0.15) is 5.75 Å². The first kappa shape index (κ1) is 17.8. The van der Waals surface area contributed by atoms with Crippen LogP contribution in [0, 0.1) is 0 Å². The number of para-hydroxylation sites is 1. The number of hydrogen-bond acceptors (Lipinski definition) is 4. The molecule has 3 aromatic rings. The molecule has 28 heavy (non-hydrogen) atoms. The number of rotatable bonds is 5. The van der Waals surface area contributed by atoms with Crippen LogP contribution in [0.2, 0.25) is 0 Å². The predicted molar refractivity (Wildman–Crippen MR) is 109 cm³/mol. The second-order valence-corrected chi connectivity index (χ2v) is 6.64. The number of nitrogens with one attached hydrogen (secondary N) is 1. The van der Waals surface area contributed by atoms with E-state index < -0.39 is 6.10 Å². The van der Waals surface area contributed by atoms with E-state index in [1.165, 1.54) is 4.90 Å². The molecular weight excluding hydrogens is 352 g/mol. The highest BCUT2D eigenvalue weighted by Crippen LogP contribution is 2.31. The Morgan fingerprint density at radius 1 is 0.929 bits per heavy atom. The van der Waals surface area contributed by atoms with Crippen LogP contribution < -0.4 is 15.0 Å². The fourth-order valence-corrected chi connectivity index (χ4v) is 3.22. The molecule has 1 amide bonds. The van der Waals surface area contributed by atoms with Crippen LogP contribution in [-0.4, -0.2) is 24.8 Å². The van der Waals surface area contributed by atoms with Crippen LogP contribution in [-0.2, 0) is 11.3 Å². The highest BCUT2D eigenvalue weighted by atomic mass is 16.5. The molecule has 1 aliphatic rings. The van der Waals surface area contributed by atoms with Gasteiger partial charge in [-0.25, -0.2) is 0 Å². The lowest BCUT2D eigenvalue weighted by molar-refractivity contribution is -0.123. The monoisotopic (exact) mass is 372 g/mol. The molecule has 3 aromatic carbocycles. The van der Waals surface area contributed by atoms with Crippen molar-refractivity contribution in [1.82, 2.24) is 0 Å². The van der Waals surface area contributed by atoms with Crippen molar-refractivity contribution in [1.29, 1.82) is 0 Å². The van der Waals surface area contributed by atoms with Gasteiger partial charge in [-0.15, -0.1) is 0 Å². The van der Waals surface area contributed by atoms with Crippen LogP contribution in [0.5, 0.6) is 5.75 Å². The molecule has 5 nitrogen and oxygen atoms in total. The molecule has 1 aliphatic heterocycles. The van der Waals surface area contributed by atoms with Crippen LogP contribution in [0.25, 0.3) is 0 Å². The number of nitrogens with zero attached hydrogens (tertiary/aromatic N) is 1. The van der Waals surface area contributed by atoms with Gasteiger partial charge in [0, 0.05) is 24.8 Å². The number of Topliss-reactive ketones (excluding diaryl/α,β-unsaturated/α-hetero) is 1. The standard InChI is InChI=1S/C23H20N2O3/c1-25-20-13-12-17(24-15-16-8-4-2-5-9-16)14-19(20)21(26)22(23(25)27)28-18-10-6-3-7-11-18/h2-14,22,24H,15H2,1H3. The van der Waals surface area contributed by atoms with Crippen molar-refractivity contribution in [3.63, 3.8) is 0 Å². The van der Waals surface area contributed by atoms with Gasteiger partial charge in [-0.3, -0.25) is 9.59 Å². The topological polar surface area (TPSA) is 58.6 Å². The quantitative estimate of drug-likeness (QED) is 0.690. The van der Waals surface area contributed by atoms with Gasteiger partial charge in [-0.05, 0) is 35.9 Å². The number of ketones is 1. The third kappa shape index (κ3) is 3.47. The summed E-state index contributed by atoms with van der Waals surface area (Å²) in [6, 6.07) is 24.4. The van der Waals surface area contributed by atoms with Crippen molar-refractivity contribution in [2.45, 2.75) is 12.6 Å². The Balaban J connectivity index is 1.58. The Labute approximate surface area is 163 Å². The summed E-state index contributed by atoms with van der Waals surface area (Å²) in [5.74, 6) is -0.207. The molecule has 140 valence electrons. The number of likely N-dealkylation sites (N-methyl/N-ethyl adjacent to an activating group) is 1. The Hall–Kier alpha value is -3.60. The van der Waals surface area contributed by atoms with E-state index >= 15 is 0 Å². The fourth-order valence-electron chi connectivity index (χ4n) is 3.22. The predicted octanol–water partition coefficient (Wildman–Crippen LogP) is 3.91. The van der Waals surface area contributed by atoms with E-state index in [-0.39, 0.29) is 11.7 Å². The first-order chi connectivity index (χ1) is 13.6. The summed E-state index contributed by atoms with van der Waals surface area (Å²) in [5.41, 5.74) is 3.02. The number of amides is 1. The number of fused-ring (bicyclic) bond motifs is 1. The minimum atomic E-state index is -1.18. The normalized spacial score (nSPS) is 15.9. The maximum Gasteiger partial charge on any atom is 0.276 e. The van der Waals surface area contributed by atoms with Gasteiger partial charge in [0.25, 0.3) is 5.91 Å². The Morgan fingerprint density at radius 2 is 1.61 bits per heavy atom. The van der Waals surface area contributed by atoms with Crippen LogP contribution >= 0.6 is 0 Å². The molecule has 1 N–H and O–H groups in total. The first-order valence-electron chi connectivity index (χ1n) is 9.09. The van der Waals surface area contributed by atoms with Gasteiger partial charge in [0.05, 0.1) is 5.69 Å². The van der Waals surface area contributed by atoms with E-state index in [4.69, 9.17) is 4.74 Å². The fraction of sp³-hybridized carbons (Fsp3) is 0.130. The number of carbonyl (C=O) groups excluding carboxylic acids is 2. The third-order valence-electron chi connectivity index (χ3n) is 4.75. The lowest BCUT2D eigenvalue weighted by Gasteiger charge is -2.30. The van der Waals surface area contributed by atoms with Gasteiger partial charge in [0.15, 0.2) is 0 Å². The van der Waals surface area contributed by atoms with Gasteiger partial charge in [0.2, 0.25) is 11.9 Å². The lowest BCUT2D eigenvalue weighted by Crippen LogP contribution is -2.49. The summed E-state index contributed by atoms with van der Waals surface area (Å²) < 4.78 is 5.72. The summed E-state index contributed by atoms with van der Waals surface area (Å²) >= 11 is 0. The van der Waals surface area contributed by atoms with Crippen molar-refractivity contribution in [3.8, 4) is 5.75 Å². The maximum atomic E-state index is 13.0. The molecular formula is C23H20N2O3. The SMILES string of the molecule is CN1C(=O)C(Oc2ccccc2)C(=O)c2cc(NCc3ccccc3)ccc21. The number of carbonyl (C=O) groups is 2. The molecule has 0 saturated carbocycles. The highest BCUT2D eigenvalue weighted by molar-refractivity contribution is 6.24. The molecule has 0 fully saturated rings. The number of ether oxygens (including phenoxy) is 1. The van der Waals surface area contributed by atoms with Crippen molar-refractivity contribution >= 4 is 23.1 Å². The van der Waals surface area contributed by atoms with E-state index in [1.807, 2.05) is 42.5 Å². The van der Waals surface area contributed by atoms with Gasteiger partial charge in [-0.2, -0.15) is 0 Å². The largest absolute Gasteiger partial charge is 0.472 e. The Morgan fingerprint density at radius 3 is 2.32 bits per heavy atom. The van der Waals surface area contributed by atoms with Gasteiger partial charge < -0.3 is 15.0 Å². The summed E-state index contributed by atoms with van der Waals surface area (Å²) in [7, 11) is 1.66. The Bertz CT molecular complexity index is 1000. The second kappa shape index (κ2) is 7.56. The molecule has 5 heteroatoms. The molecule has 0 radical (unpaired) electrons. The molecule has 0 aliphatic carbocycles. The minimum absolute atomic E-state index is 0.328. The van der Waals surface area contributed by atoms with Crippen LogP contribution in [0.1, 0.15) is 15.9 Å². The zero-order chi connectivity index (χ0) is 19.5. The van der Waals surface area contributed by atoms with Crippen LogP contribution in [0.3, 0.4) is 0 Å². The van der Waals surface area contributed by atoms with E-state index in [1.54, 1.807) is 43.4 Å². The molecule has 0 spiro atoms. The maximum absolute atomic E-state index is 13.0. The van der Waals surface area contributed by atoms with Crippen LogP contribution in [0.15, 0.2) is 78.9 Å². The molecule has 1 unspecified atom stereocenters. The van der Waals surface area contributed by atoms with Crippen molar-refractivity contribution in [3.05, 3.63) is 90.0 Å².